The monoisotopic (exact) mass is 284 g/mol. The first kappa shape index (κ1) is 17.2. The van der Waals surface area contributed by atoms with Gasteiger partial charge >= 0.3 is 0 Å². The van der Waals surface area contributed by atoms with Gasteiger partial charge in [-0.2, -0.15) is 0 Å². The third-order valence-corrected chi connectivity index (χ3v) is 3.44. The van der Waals surface area contributed by atoms with E-state index in [0.29, 0.717) is 24.1 Å². The fourth-order valence-electron chi connectivity index (χ4n) is 2.51. The maximum atomic E-state index is 5.83. The second-order valence-corrected chi connectivity index (χ2v) is 6.25. The molecule has 20 heavy (non-hydrogen) atoms. The van der Waals surface area contributed by atoms with Gasteiger partial charge in [-0.15, -0.1) is 0 Å². The number of hydrogen-bond donors (Lipinski definition) is 2. The molecule has 3 N–H and O–H groups in total. The van der Waals surface area contributed by atoms with Crippen molar-refractivity contribution in [2.24, 2.45) is 16.6 Å². The second kappa shape index (κ2) is 9.19. The zero-order chi connectivity index (χ0) is 15.0. The molecule has 0 bridgehead atoms. The highest BCUT2D eigenvalue weighted by atomic mass is 16.5. The minimum absolute atomic E-state index is 0.338. The molecule has 0 aromatic rings. The Morgan fingerprint density at radius 3 is 2.60 bits per heavy atom. The van der Waals surface area contributed by atoms with Gasteiger partial charge in [-0.1, -0.05) is 13.8 Å². The number of nitrogens with one attached hydrogen (secondary N) is 1. The van der Waals surface area contributed by atoms with E-state index in [1.807, 2.05) is 0 Å². The van der Waals surface area contributed by atoms with Crippen LogP contribution in [0, 0.1) is 5.92 Å². The molecule has 1 aliphatic heterocycles. The summed E-state index contributed by atoms with van der Waals surface area (Å²) in [5.41, 5.74) is 5.83. The number of nitrogens with two attached hydrogens (primary N) is 1. The van der Waals surface area contributed by atoms with Crippen LogP contribution in [0.15, 0.2) is 4.99 Å². The minimum atomic E-state index is 0.338. The summed E-state index contributed by atoms with van der Waals surface area (Å²) in [6.45, 7) is 13.5. The van der Waals surface area contributed by atoms with Gasteiger partial charge in [-0.05, 0) is 32.6 Å². The first-order chi connectivity index (χ1) is 9.47. The predicted molar refractivity (Wildman–Crippen MR) is 85.0 cm³/mol. The van der Waals surface area contributed by atoms with Crippen LogP contribution in [0.25, 0.3) is 0 Å². The largest absolute Gasteiger partial charge is 0.373 e. The number of guanidine groups is 1. The van der Waals surface area contributed by atoms with Gasteiger partial charge in [-0.25, -0.2) is 0 Å². The Kier molecular flexibility index (Phi) is 7.92. The lowest BCUT2D eigenvalue weighted by atomic mass is 10.1. The summed E-state index contributed by atoms with van der Waals surface area (Å²) < 4.78 is 5.73. The number of rotatable bonds is 7. The van der Waals surface area contributed by atoms with E-state index < -0.39 is 0 Å². The SMILES string of the molecule is CC(C)CCNC(N)=NCCCN1CC(C)OC(C)C1. The van der Waals surface area contributed by atoms with Crippen LogP contribution in [0.2, 0.25) is 0 Å². The van der Waals surface area contributed by atoms with Crippen molar-refractivity contribution in [1.82, 2.24) is 10.2 Å². The highest BCUT2D eigenvalue weighted by Crippen LogP contribution is 2.10. The van der Waals surface area contributed by atoms with Crippen molar-refractivity contribution in [3.05, 3.63) is 0 Å². The molecule has 1 fully saturated rings. The normalized spacial score (nSPS) is 25.1. The zero-order valence-corrected chi connectivity index (χ0v) is 13.6. The van der Waals surface area contributed by atoms with E-state index in [4.69, 9.17) is 10.5 Å². The highest BCUT2D eigenvalue weighted by molar-refractivity contribution is 5.77. The molecule has 1 heterocycles. The fraction of sp³-hybridized carbons (Fsp3) is 0.933. The van der Waals surface area contributed by atoms with Crippen LogP contribution in [0.3, 0.4) is 0 Å². The maximum Gasteiger partial charge on any atom is 0.188 e. The van der Waals surface area contributed by atoms with E-state index in [1.165, 1.54) is 0 Å². The lowest BCUT2D eigenvalue weighted by Gasteiger charge is -2.35. The predicted octanol–water partition coefficient (Wildman–Crippen LogP) is 1.44. The van der Waals surface area contributed by atoms with Gasteiger partial charge in [0, 0.05) is 32.7 Å². The lowest BCUT2D eigenvalue weighted by molar-refractivity contribution is -0.0679. The summed E-state index contributed by atoms with van der Waals surface area (Å²) in [6.07, 6.45) is 2.85. The number of aliphatic imine (C=N–C) groups is 1. The molecule has 1 rings (SSSR count). The van der Waals surface area contributed by atoms with Crippen LogP contribution in [0.5, 0.6) is 0 Å². The summed E-state index contributed by atoms with van der Waals surface area (Å²) in [5.74, 6) is 1.27. The van der Waals surface area contributed by atoms with Gasteiger partial charge in [-0.3, -0.25) is 9.89 Å². The van der Waals surface area contributed by atoms with Gasteiger partial charge in [0.2, 0.25) is 0 Å². The number of ether oxygens (including phenoxy) is 1. The molecule has 5 heteroatoms. The van der Waals surface area contributed by atoms with Gasteiger partial charge < -0.3 is 15.8 Å². The highest BCUT2D eigenvalue weighted by Gasteiger charge is 2.21. The molecule has 1 aliphatic rings. The van der Waals surface area contributed by atoms with Crippen LogP contribution in [-0.4, -0.2) is 55.8 Å². The number of morpholine rings is 1. The lowest BCUT2D eigenvalue weighted by Crippen LogP contribution is -2.45. The smallest absolute Gasteiger partial charge is 0.188 e. The molecule has 0 amide bonds. The molecule has 0 aliphatic carbocycles. The third kappa shape index (κ3) is 7.70. The fourth-order valence-corrected chi connectivity index (χ4v) is 2.51. The van der Waals surface area contributed by atoms with Crippen LogP contribution in [0.1, 0.15) is 40.5 Å². The Balaban J connectivity index is 2.11. The topological polar surface area (TPSA) is 62.9 Å². The van der Waals surface area contributed by atoms with Crippen molar-refractivity contribution >= 4 is 5.96 Å². The van der Waals surface area contributed by atoms with E-state index in [0.717, 1.165) is 45.6 Å². The van der Waals surface area contributed by atoms with Crippen LogP contribution in [0.4, 0.5) is 0 Å². The van der Waals surface area contributed by atoms with Crippen molar-refractivity contribution in [3.63, 3.8) is 0 Å². The maximum absolute atomic E-state index is 5.83. The standard InChI is InChI=1S/C15H32N4O/c1-12(2)6-8-18-15(16)17-7-5-9-19-10-13(3)20-14(4)11-19/h12-14H,5-11H2,1-4H3,(H3,16,17,18). The van der Waals surface area contributed by atoms with Crippen molar-refractivity contribution in [2.45, 2.75) is 52.7 Å². The average Bonchev–Trinajstić information content (AvgIpc) is 2.33. The summed E-state index contributed by atoms with van der Waals surface area (Å²) in [5, 5.41) is 3.16. The van der Waals surface area contributed by atoms with Crippen molar-refractivity contribution in [3.8, 4) is 0 Å². The molecular formula is C15H32N4O. The van der Waals surface area contributed by atoms with Gasteiger partial charge in [0.1, 0.15) is 0 Å². The summed E-state index contributed by atoms with van der Waals surface area (Å²) in [7, 11) is 0. The Hall–Kier alpha value is -0.810. The first-order valence-electron chi connectivity index (χ1n) is 7.89. The molecule has 0 radical (unpaired) electrons. The van der Waals surface area contributed by atoms with E-state index >= 15 is 0 Å². The Labute approximate surface area is 124 Å². The third-order valence-electron chi connectivity index (χ3n) is 3.44. The van der Waals surface area contributed by atoms with E-state index in [1.54, 1.807) is 0 Å². The first-order valence-corrected chi connectivity index (χ1v) is 7.89. The molecule has 0 aromatic heterocycles. The second-order valence-electron chi connectivity index (χ2n) is 6.25. The molecule has 0 spiro atoms. The average molecular weight is 284 g/mol. The Morgan fingerprint density at radius 2 is 2.00 bits per heavy atom. The van der Waals surface area contributed by atoms with Crippen LogP contribution in [-0.2, 0) is 4.74 Å². The molecule has 118 valence electrons. The van der Waals surface area contributed by atoms with Crippen molar-refractivity contribution in [1.29, 1.82) is 0 Å². The zero-order valence-electron chi connectivity index (χ0n) is 13.6. The van der Waals surface area contributed by atoms with Crippen LogP contribution < -0.4 is 11.1 Å². The van der Waals surface area contributed by atoms with Gasteiger partial charge in [0.05, 0.1) is 12.2 Å². The Bertz CT molecular complexity index is 284. The molecule has 2 unspecified atom stereocenters. The van der Waals surface area contributed by atoms with Gasteiger partial charge in [0.25, 0.3) is 0 Å². The summed E-state index contributed by atoms with van der Waals surface area (Å²) in [6, 6.07) is 0. The van der Waals surface area contributed by atoms with E-state index in [-0.39, 0.29) is 0 Å². The minimum Gasteiger partial charge on any atom is -0.373 e. The molecule has 1 saturated heterocycles. The number of nitrogens with zero attached hydrogens (tertiary/aromatic N) is 2. The molecule has 0 aromatic carbocycles. The van der Waals surface area contributed by atoms with Gasteiger partial charge in [0.15, 0.2) is 5.96 Å². The molecule has 5 nitrogen and oxygen atoms in total. The van der Waals surface area contributed by atoms with Crippen molar-refractivity contribution in [2.75, 3.05) is 32.7 Å². The Morgan fingerprint density at radius 1 is 1.35 bits per heavy atom. The van der Waals surface area contributed by atoms with Crippen LogP contribution >= 0.6 is 0 Å². The number of hydrogen-bond acceptors (Lipinski definition) is 3. The van der Waals surface area contributed by atoms with E-state index in [9.17, 15) is 0 Å². The summed E-state index contributed by atoms with van der Waals surface area (Å²) >= 11 is 0. The summed E-state index contributed by atoms with van der Waals surface area (Å²) in [4.78, 5) is 6.82. The van der Waals surface area contributed by atoms with E-state index in [2.05, 4.69) is 42.9 Å². The van der Waals surface area contributed by atoms with Crippen molar-refractivity contribution < 1.29 is 4.74 Å². The quantitative estimate of drug-likeness (QED) is 0.422. The molecular weight excluding hydrogens is 252 g/mol. The molecule has 2 atom stereocenters. The molecule has 0 saturated carbocycles.